The number of likely N-dealkylation sites (tertiary alicyclic amines) is 1. The van der Waals surface area contributed by atoms with E-state index in [0.29, 0.717) is 6.04 Å². The summed E-state index contributed by atoms with van der Waals surface area (Å²) in [5, 5.41) is 3.68. The van der Waals surface area contributed by atoms with Crippen molar-refractivity contribution in [3.8, 4) is 0 Å². The molecule has 17 heavy (non-hydrogen) atoms. The zero-order valence-electron chi connectivity index (χ0n) is 12.5. The molecule has 0 spiro atoms. The minimum absolute atomic E-state index is 0.660. The van der Waals surface area contributed by atoms with Crippen LogP contribution in [0, 0.1) is 5.92 Å². The van der Waals surface area contributed by atoms with E-state index in [1.807, 2.05) is 0 Å². The number of rotatable bonds is 6. The maximum Gasteiger partial charge on any atom is 0.0220 e. The van der Waals surface area contributed by atoms with Crippen LogP contribution in [0.5, 0.6) is 0 Å². The molecule has 0 radical (unpaired) electrons. The van der Waals surface area contributed by atoms with Gasteiger partial charge in [-0.1, -0.05) is 33.6 Å². The highest BCUT2D eigenvalue weighted by molar-refractivity contribution is 4.85. The van der Waals surface area contributed by atoms with Crippen LogP contribution in [0.25, 0.3) is 0 Å². The lowest BCUT2D eigenvalue weighted by molar-refractivity contribution is 0.0818. The summed E-state index contributed by atoms with van der Waals surface area (Å²) in [6, 6.07) is 2.20. The van der Waals surface area contributed by atoms with Gasteiger partial charge in [-0.2, -0.15) is 0 Å². The molecule has 1 heterocycles. The average molecular weight is 240 g/mol. The van der Waals surface area contributed by atoms with Gasteiger partial charge in [0.1, 0.15) is 0 Å². The summed E-state index contributed by atoms with van der Waals surface area (Å²) in [5.74, 6) is 0.774. The van der Waals surface area contributed by atoms with Gasteiger partial charge >= 0.3 is 0 Å². The Kier molecular flexibility index (Phi) is 6.50. The number of nitrogens with one attached hydrogen (secondary N) is 1. The zero-order chi connectivity index (χ0) is 12.8. The highest BCUT2D eigenvalue weighted by atomic mass is 15.2. The molecule has 102 valence electrons. The van der Waals surface area contributed by atoms with Crippen molar-refractivity contribution in [3.05, 3.63) is 0 Å². The first-order valence-electron chi connectivity index (χ1n) is 7.59. The quantitative estimate of drug-likeness (QED) is 0.766. The van der Waals surface area contributed by atoms with E-state index in [2.05, 4.69) is 44.8 Å². The van der Waals surface area contributed by atoms with Gasteiger partial charge in [-0.25, -0.2) is 0 Å². The molecule has 1 rings (SSSR count). The summed E-state index contributed by atoms with van der Waals surface area (Å²) in [6.07, 6.45) is 5.44. The Balaban J connectivity index is 2.57. The van der Waals surface area contributed by atoms with Crippen LogP contribution in [-0.2, 0) is 0 Å². The maximum absolute atomic E-state index is 3.68. The van der Waals surface area contributed by atoms with E-state index in [-0.39, 0.29) is 0 Å². The van der Waals surface area contributed by atoms with Crippen LogP contribution in [0.15, 0.2) is 0 Å². The zero-order valence-corrected chi connectivity index (χ0v) is 12.5. The van der Waals surface area contributed by atoms with Crippen LogP contribution in [0.4, 0.5) is 0 Å². The first-order valence-corrected chi connectivity index (χ1v) is 7.59. The Morgan fingerprint density at radius 1 is 1.18 bits per heavy atom. The molecule has 1 aliphatic heterocycles. The summed E-state index contributed by atoms with van der Waals surface area (Å²) < 4.78 is 0. The topological polar surface area (TPSA) is 15.3 Å². The van der Waals surface area contributed by atoms with Crippen molar-refractivity contribution < 1.29 is 0 Å². The van der Waals surface area contributed by atoms with Gasteiger partial charge in [0.25, 0.3) is 0 Å². The van der Waals surface area contributed by atoms with Crippen molar-refractivity contribution in [2.45, 2.75) is 78.4 Å². The summed E-state index contributed by atoms with van der Waals surface area (Å²) in [6.45, 7) is 14.0. The predicted octanol–water partition coefficient (Wildman–Crippen LogP) is 3.27. The molecule has 4 unspecified atom stereocenters. The summed E-state index contributed by atoms with van der Waals surface area (Å²) >= 11 is 0. The molecule has 0 amide bonds. The number of nitrogens with zero attached hydrogens (tertiary/aromatic N) is 1. The predicted molar refractivity (Wildman–Crippen MR) is 76.4 cm³/mol. The van der Waals surface area contributed by atoms with Gasteiger partial charge in [0.05, 0.1) is 0 Å². The number of hydrogen-bond donors (Lipinski definition) is 1. The van der Waals surface area contributed by atoms with Crippen molar-refractivity contribution in [3.63, 3.8) is 0 Å². The van der Waals surface area contributed by atoms with E-state index < -0.39 is 0 Å². The Morgan fingerprint density at radius 3 is 2.24 bits per heavy atom. The lowest BCUT2D eigenvalue weighted by Crippen LogP contribution is -2.52. The Labute approximate surface area is 108 Å². The van der Waals surface area contributed by atoms with E-state index in [1.54, 1.807) is 0 Å². The van der Waals surface area contributed by atoms with E-state index >= 15 is 0 Å². The normalized spacial score (nSPS) is 30.2. The molecule has 2 nitrogen and oxygen atoms in total. The van der Waals surface area contributed by atoms with Gasteiger partial charge in [0, 0.05) is 24.7 Å². The first kappa shape index (κ1) is 15.0. The van der Waals surface area contributed by atoms with Gasteiger partial charge in [0.15, 0.2) is 0 Å². The molecule has 0 aliphatic carbocycles. The summed E-state index contributed by atoms with van der Waals surface area (Å²) in [7, 11) is 0. The standard InChI is InChI=1S/C15H32N2/c1-6-12(3)15(16-7-2)11-17-13(4)9-8-10-14(17)5/h12-16H,6-11H2,1-5H3. The van der Waals surface area contributed by atoms with Crippen LogP contribution < -0.4 is 5.32 Å². The van der Waals surface area contributed by atoms with Crippen LogP contribution in [0.1, 0.15) is 60.3 Å². The molecule has 1 saturated heterocycles. The first-order chi connectivity index (χ1) is 8.10. The molecule has 1 N–H and O–H groups in total. The molecule has 0 bridgehead atoms. The Bertz CT molecular complexity index is 195. The molecule has 0 aromatic heterocycles. The third kappa shape index (κ3) is 4.26. The second-order valence-corrected chi connectivity index (χ2v) is 5.88. The minimum atomic E-state index is 0.660. The van der Waals surface area contributed by atoms with Crippen molar-refractivity contribution in [1.82, 2.24) is 10.2 Å². The van der Waals surface area contributed by atoms with E-state index in [9.17, 15) is 0 Å². The van der Waals surface area contributed by atoms with Gasteiger partial charge in [0.2, 0.25) is 0 Å². The molecule has 0 aromatic carbocycles. The molecular formula is C15H32N2. The highest BCUT2D eigenvalue weighted by Gasteiger charge is 2.28. The van der Waals surface area contributed by atoms with Crippen LogP contribution >= 0.6 is 0 Å². The SMILES string of the molecule is CCNC(CN1C(C)CCCC1C)C(C)CC. The van der Waals surface area contributed by atoms with Gasteiger partial charge < -0.3 is 5.32 Å². The van der Waals surface area contributed by atoms with E-state index in [4.69, 9.17) is 0 Å². The summed E-state index contributed by atoms with van der Waals surface area (Å²) in [5.41, 5.74) is 0. The van der Waals surface area contributed by atoms with Crippen molar-refractivity contribution >= 4 is 0 Å². The fraction of sp³-hybridized carbons (Fsp3) is 1.00. The highest BCUT2D eigenvalue weighted by Crippen LogP contribution is 2.23. The molecule has 2 heteroatoms. The fourth-order valence-corrected chi connectivity index (χ4v) is 3.05. The molecule has 0 aromatic rings. The van der Waals surface area contributed by atoms with Gasteiger partial charge in [-0.05, 0) is 39.2 Å². The molecule has 1 aliphatic rings. The molecular weight excluding hydrogens is 208 g/mol. The minimum Gasteiger partial charge on any atom is -0.313 e. The van der Waals surface area contributed by atoms with Crippen molar-refractivity contribution in [2.75, 3.05) is 13.1 Å². The smallest absolute Gasteiger partial charge is 0.0220 e. The monoisotopic (exact) mass is 240 g/mol. The number of likely N-dealkylation sites (N-methyl/N-ethyl adjacent to an activating group) is 1. The van der Waals surface area contributed by atoms with Gasteiger partial charge in [-0.3, -0.25) is 4.90 Å². The molecule has 0 saturated carbocycles. The van der Waals surface area contributed by atoms with Crippen LogP contribution in [0.2, 0.25) is 0 Å². The largest absolute Gasteiger partial charge is 0.313 e. The average Bonchev–Trinajstić information content (AvgIpc) is 2.31. The summed E-state index contributed by atoms with van der Waals surface area (Å²) in [4.78, 5) is 2.73. The fourth-order valence-electron chi connectivity index (χ4n) is 3.05. The Morgan fingerprint density at radius 2 is 1.76 bits per heavy atom. The molecule has 4 atom stereocenters. The lowest BCUT2D eigenvalue weighted by atomic mass is 9.93. The van der Waals surface area contributed by atoms with Gasteiger partial charge in [-0.15, -0.1) is 0 Å². The third-order valence-corrected chi connectivity index (χ3v) is 4.58. The lowest BCUT2D eigenvalue weighted by Gasteiger charge is -2.42. The number of hydrogen-bond acceptors (Lipinski definition) is 2. The van der Waals surface area contributed by atoms with E-state index in [1.165, 1.54) is 32.2 Å². The Hall–Kier alpha value is -0.0800. The van der Waals surface area contributed by atoms with Crippen LogP contribution in [0.3, 0.4) is 0 Å². The van der Waals surface area contributed by atoms with E-state index in [0.717, 1.165) is 24.5 Å². The molecule has 1 fully saturated rings. The maximum atomic E-state index is 3.68. The van der Waals surface area contributed by atoms with Crippen molar-refractivity contribution in [1.29, 1.82) is 0 Å². The van der Waals surface area contributed by atoms with Crippen molar-refractivity contribution in [2.24, 2.45) is 5.92 Å². The second kappa shape index (κ2) is 7.38. The number of piperidine rings is 1. The second-order valence-electron chi connectivity index (χ2n) is 5.88. The third-order valence-electron chi connectivity index (χ3n) is 4.58. The van der Waals surface area contributed by atoms with Crippen LogP contribution in [-0.4, -0.2) is 36.1 Å².